The molecule has 2 fully saturated rings. The molecule has 0 bridgehead atoms. The Bertz CT molecular complexity index is 778. The van der Waals surface area contributed by atoms with Crippen LogP contribution in [0.5, 0.6) is 0 Å². The van der Waals surface area contributed by atoms with Crippen molar-refractivity contribution in [1.82, 2.24) is 19.1 Å². The van der Waals surface area contributed by atoms with Crippen LogP contribution in [0.15, 0.2) is 41.6 Å². The molecule has 0 spiro atoms. The van der Waals surface area contributed by atoms with Gasteiger partial charge in [-0.1, -0.05) is 18.2 Å². The average molecular weight is 334 g/mol. The van der Waals surface area contributed by atoms with E-state index in [0.29, 0.717) is 18.0 Å². The second-order valence-electron chi connectivity index (χ2n) is 5.89. The first-order chi connectivity index (χ1) is 11.2. The topological polar surface area (TPSA) is 77.3 Å². The van der Waals surface area contributed by atoms with E-state index in [1.807, 2.05) is 10.6 Å². The highest BCUT2D eigenvalue weighted by Crippen LogP contribution is 2.33. The fraction of sp³-hybridized carbons (Fsp3) is 0.467. The summed E-state index contributed by atoms with van der Waals surface area (Å²) in [4.78, 5) is 0.335. The zero-order valence-corrected chi connectivity index (χ0v) is 13.4. The Hall–Kier alpha value is -1.77. The summed E-state index contributed by atoms with van der Waals surface area (Å²) >= 11 is 0. The van der Waals surface area contributed by atoms with Gasteiger partial charge in [-0.15, -0.1) is 10.2 Å². The number of benzene rings is 1. The van der Waals surface area contributed by atoms with Crippen molar-refractivity contribution in [3.8, 4) is 0 Å². The highest BCUT2D eigenvalue weighted by Gasteiger charge is 2.39. The molecule has 8 heteroatoms. The highest BCUT2D eigenvalue weighted by atomic mass is 32.2. The Kier molecular flexibility index (Phi) is 3.67. The second kappa shape index (κ2) is 5.70. The number of hydrogen-bond donors (Lipinski definition) is 0. The molecule has 0 N–H and O–H groups in total. The predicted octanol–water partition coefficient (Wildman–Crippen LogP) is 1.38. The summed E-state index contributed by atoms with van der Waals surface area (Å²) in [6.45, 7) is 1.63. The Morgan fingerprint density at radius 2 is 1.96 bits per heavy atom. The quantitative estimate of drug-likeness (QED) is 0.844. The molecule has 7 nitrogen and oxygen atoms in total. The van der Waals surface area contributed by atoms with E-state index >= 15 is 0 Å². The van der Waals surface area contributed by atoms with Gasteiger partial charge in [0.25, 0.3) is 0 Å². The lowest BCUT2D eigenvalue weighted by molar-refractivity contribution is 0.0944. The zero-order valence-electron chi connectivity index (χ0n) is 12.6. The van der Waals surface area contributed by atoms with Crippen molar-refractivity contribution >= 4 is 10.0 Å². The highest BCUT2D eigenvalue weighted by molar-refractivity contribution is 7.89. The van der Waals surface area contributed by atoms with E-state index < -0.39 is 10.0 Å². The van der Waals surface area contributed by atoms with Gasteiger partial charge in [0.2, 0.25) is 10.0 Å². The summed E-state index contributed by atoms with van der Waals surface area (Å²) in [7, 11) is -3.41. The fourth-order valence-electron chi connectivity index (χ4n) is 3.08. The van der Waals surface area contributed by atoms with Crippen molar-refractivity contribution in [1.29, 1.82) is 0 Å². The SMILES string of the molecule is O=S(=O)(c1ccccc1)N1CC(n2cnnc2C2CCCO2)C1. The van der Waals surface area contributed by atoms with Crippen molar-refractivity contribution in [3.05, 3.63) is 42.5 Å². The minimum atomic E-state index is -3.41. The summed E-state index contributed by atoms with van der Waals surface area (Å²) in [5, 5.41) is 8.15. The average Bonchev–Trinajstić information content (AvgIpc) is 3.17. The number of nitrogens with zero attached hydrogens (tertiary/aromatic N) is 4. The molecule has 2 aliphatic heterocycles. The van der Waals surface area contributed by atoms with E-state index in [9.17, 15) is 8.42 Å². The van der Waals surface area contributed by atoms with Crippen LogP contribution in [0, 0.1) is 0 Å². The summed E-state index contributed by atoms with van der Waals surface area (Å²) in [6.07, 6.45) is 3.62. The Balaban J connectivity index is 1.49. The standard InChI is InChI=1S/C15H18N4O3S/c20-23(21,13-5-2-1-3-6-13)18-9-12(10-18)19-11-16-17-15(19)14-7-4-8-22-14/h1-3,5-6,11-12,14H,4,7-10H2. The molecule has 1 aromatic heterocycles. The van der Waals surface area contributed by atoms with Gasteiger partial charge < -0.3 is 9.30 Å². The van der Waals surface area contributed by atoms with Crippen molar-refractivity contribution in [2.45, 2.75) is 29.9 Å². The van der Waals surface area contributed by atoms with Gasteiger partial charge in [0.15, 0.2) is 5.82 Å². The molecule has 23 heavy (non-hydrogen) atoms. The molecular formula is C15H18N4O3S. The maximum Gasteiger partial charge on any atom is 0.243 e. The number of aromatic nitrogens is 3. The molecule has 3 heterocycles. The minimum absolute atomic E-state index is 0.0164. The molecule has 2 saturated heterocycles. The van der Waals surface area contributed by atoms with Crippen LogP contribution in [-0.2, 0) is 14.8 Å². The van der Waals surface area contributed by atoms with Gasteiger partial charge in [0.05, 0.1) is 10.9 Å². The lowest BCUT2D eigenvalue weighted by Gasteiger charge is -2.39. The third-order valence-electron chi connectivity index (χ3n) is 4.42. The number of hydrogen-bond acceptors (Lipinski definition) is 5. The van der Waals surface area contributed by atoms with Gasteiger partial charge in [-0.2, -0.15) is 4.31 Å². The maximum absolute atomic E-state index is 12.5. The van der Waals surface area contributed by atoms with Crippen LogP contribution < -0.4 is 0 Å². The first kappa shape index (κ1) is 14.8. The lowest BCUT2D eigenvalue weighted by Crippen LogP contribution is -2.50. The molecule has 2 aromatic rings. The Morgan fingerprint density at radius 3 is 2.65 bits per heavy atom. The second-order valence-corrected chi connectivity index (χ2v) is 7.82. The zero-order chi connectivity index (χ0) is 15.9. The van der Waals surface area contributed by atoms with Crippen LogP contribution >= 0.6 is 0 Å². The molecule has 0 saturated carbocycles. The predicted molar refractivity (Wildman–Crippen MR) is 82.2 cm³/mol. The summed E-state index contributed by atoms with van der Waals surface area (Å²) in [5.41, 5.74) is 0. The Morgan fingerprint density at radius 1 is 1.17 bits per heavy atom. The molecule has 2 aliphatic rings. The Labute approximate surface area is 134 Å². The van der Waals surface area contributed by atoms with Crippen LogP contribution in [0.4, 0.5) is 0 Å². The first-order valence-electron chi connectivity index (χ1n) is 7.72. The van der Waals surface area contributed by atoms with Crippen LogP contribution in [0.25, 0.3) is 0 Å². The molecule has 4 rings (SSSR count). The van der Waals surface area contributed by atoms with E-state index in [0.717, 1.165) is 25.3 Å². The number of rotatable bonds is 4. The third-order valence-corrected chi connectivity index (χ3v) is 6.27. The van der Waals surface area contributed by atoms with E-state index in [1.165, 1.54) is 4.31 Å². The summed E-state index contributed by atoms with van der Waals surface area (Å²) < 4.78 is 34.2. The van der Waals surface area contributed by atoms with Crippen molar-refractivity contribution in [2.75, 3.05) is 19.7 Å². The van der Waals surface area contributed by atoms with Crippen LogP contribution in [0.1, 0.15) is 30.8 Å². The van der Waals surface area contributed by atoms with E-state index in [2.05, 4.69) is 10.2 Å². The van der Waals surface area contributed by atoms with Gasteiger partial charge in [-0.05, 0) is 25.0 Å². The van der Waals surface area contributed by atoms with Crippen molar-refractivity contribution in [2.24, 2.45) is 0 Å². The van der Waals surface area contributed by atoms with Crippen LogP contribution in [0.3, 0.4) is 0 Å². The van der Waals surface area contributed by atoms with Crippen molar-refractivity contribution < 1.29 is 13.2 Å². The molecule has 1 atom stereocenters. The van der Waals surface area contributed by atoms with E-state index in [1.54, 1.807) is 30.6 Å². The first-order valence-corrected chi connectivity index (χ1v) is 9.16. The molecule has 1 aromatic carbocycles. The molecule has 0 aliphatic carbocycles. The van der Waals surface area contributed by atoms with Gasteiger partial charge in [0, 0.05) is 19.7 Å². The third kappa shape index (κ3) is 2.56. The minimum Gasteiger partial charge on any atom is -0.370 e. The number of ether oxygens (including phenoxy) is 1. The van der Waals surface area contributed by atoms with Crippen LogP contribution in [0.2, 0.25) is 0 Å². The molecular weight excluding hydrogens is 316 g/mol. The smallest absolute Gasteiger partial charge is 0.243 e. The maximum atomic E-state index is 12.5. The van der Waals surface area contributed by atoms with E-state index in [4.69, 9.17) is 4.74 Å². The molecule has 1 unspecified atom stereocenters. The largest absolute Gasteiger partial charge is 0.370 e. The van der Waals surface area contributed by atoms with Gasteiger partial charge >= 0.3 is 0 Å². The summed E-state index contributed by atoms with van der Waals surface area (Å²) in [5.74, 6) is 0.809. The fourth-order valence-corrected chi connectivity index (χ4v) is 4.61. The normalized spacial score (nSPS) is 23.0. The van der Waals surface area contributed by atoms with Crippen molar-refractivity contribution in [3.63, 3.8) is 0 Å². The molecule has 0 amide bonds. The monoisotopic (exact) mass is 334 g/mol. The molecule has 122 valence electrons. The summed E-state index contributed by atoms with van der Waals surface area (Å²) in [6, 6.07) is 8.60. The van der Waals surface area contributed by atoms with Crippen LogP contribution in [-0.4, -0.2) is 47.2 Å². The van der Waals surface area contributed by atoms with Gasteiger partial charge in [-0.25, -0.2) is 8.42 Å². The number of sulfonamides is 1. The lowest BCUT2D eigenvalue weighted by atomic mass is 10.1. The molecule has 0 radical (unpaired) electrons. The van der Waals surface area contributed by atoms with Gasteiger partial charge in [-0.3, -0.25) is 0 Å². The van der Waals surface area contributed by atoms with Gasteiger partial charge in [0.1, 0.15) is 12.4 Å². The van der Waals surface area contributed by atoms with E-state index in [-0.39, 0.29) is 12.1 Å².